The highest BCUT2D eigenvalue weighted by Crippen LogP contribution is 2.29. The van der Waals surface area contributed by atoms with Crippen molar-refractivity contribution >= 4 is 44.6 Å². The lowest BCUT2D eigenvalue weighted by molar-refractivity contribution is 0.306. The summed E-state index contributed by atoms with van der Waals surface area (Å²) in [5.74, 6) is 1.80. The highest BCUT2D eigenvalue weighted by molar-refractivity contribution is 7.90. The largest absolute Gasteiger partial charge is 0.489 e. The number of hydrogen-bond acceptors (Lipinski definition) is 9. The van der Waals surface area contributed by atoms with Crippen LogP contribution in [0.25, 0.3) is 0 Å². The van der Waals surface area contributed by atoms with Crippen LogP contribution in [0.2, 0.25) is 0 Å². The first-order valence-corrected chi connectivity index (χ1v) is 15.2. The molecule has 0 saturated carbocycles. The molecule has 5 rings (SSSR count). The zero-order valence-electron chi connectivity index (χ0n) is 21.0. The number of fused-ring (bicyclic) bond motifs is 1. The first-order chi connectivity index (χ1) is 18.4. The molecule has 0 aliphatic carbocycles. The van der Waals surface area contributed by atoms with Gasteiger partial charge in [0, 0.05) is 54.8 Å². The van der Waals surface area contributed by atoms with Gasteiger partial charge >= 0.3 is 0 Å². The highest BCUT2D eigenvalue weighted by Gasteiger charge is 2.24. The van der Waals surface area contributed by atoms with Gasteiger partial charge in [0.2, 0.25) is 0 Å². The summed E-state index contributed by atoms with van der Waals surface area (Å²) in [6.45, 7) is 1.97. The molecule has 1 unspecified atom stereocenters. The third-order valence-electron chi connectivity index (χ3n) is 6.01. The number of benzene rings is 2. The fourth-order valence-electron chi connectivity index (χ4n) is 4.02. The highest BCUT2D eigenvalue weighted by atomic mass is 32.2. The summed E-state index contributed by atoms with van der Waals surface area (Å²) >= 11 is 1.54. The molecule has 2 aliphatic rings. The molecule has 38 heavy (non-hydrogen) atoms. The number of ether oxygens (including phenoxy) is 1. The number of rotatable bonds is 10. The molecule has 196 valence electrons. The number of anilines is 1. The second kappa shape index (κ2) is 11.8. The smallest absolute Gasteiger partial charge is 0.148 e. The summed E-state index contributed by atoms with van der Waals surface area (Å²) in [4.78, 5) is 16.1. The summed E-state index contributed by atoms with van der Waals surface area (Å²) in [5.41, 5.74) is 3.98. The minimum absolute atomic E-state index is 0.0722. The van der Waals surface area contributed by atoms with Gasteiger partial charge in [-0.05, 0) is 29.8 Å². The van der Waals surface area contributed by atoms with Gasteiger partial charge in [-0.2, -0.15) is 0 Å². The van der Waals surface area contributed by atoms with Gasteiger partial charge in [0.05, 0.1) is 23.7 Å². The Morgan fingerprint density at radius 3 is 2.76 bits per heavy atom. The second-order valence-electron chi connectivity index (χ2n) is 9.08. The maximum absolute atomic E-state index is 11.3. The van der Waals surface area contributed by atoms with Gasteiger partial charge in [-0.3, -0.25) is 9.98 Å². The molecular formula is C28H29N5O3S2. The lowest BCUT2D eigenvalue weighted by atomic mass is 9.92. The Balaban J connectivity index is 1.24. The molecule has 2 aliphatic heterocycles. The lowest BCUT2D eigenvalue weighted by Crippen LogP contribution is -2.27. The molecule has 3 heterocycles. The lowest BCUT2D eigenvalue weighted by Gasteiger charge is -2.26. The Morgan fingerprint density at radius 1 is 1.16 bits per heavy atom. The number of hydrogen-bond donors (Lipinski definition) is 1. The molecule has 3 aromatic rings. The summed E-state index contributed by atoms with van der Waals surface area (Å²) in [7, 11) is -2.98. The summed E-state index contributed by atoms with van der Waals surface area (Å²) in [6, 6.07) is 17.9. The van der Waals surface area contributed by atoms with Crippen LogP contribution in [-0.4, -0.2) is 50.4 Å². The minimum Gasteiger partial charge on any atom is -0.489 e. The van der Waals surface area contributed by atoms with Crippen LogP contribution in [0.3, 0.4) is 0 Å². The average molecular weight is 548 g/mol. The van der Waals surface area contributed by atoms with Crippen LogP contribution in [0.5, 0.6) is 5.75 Å². The minimum atomic E-state index is -2.98. The number of allylic oxidation sites excluding steroid dienone is 1. The summed E-state index contributed by atoms with van der Waals surface area (Å²) in [6.07, 6.45) is 9.36. The van der Waals surface area contributed by atoms with Gasteiger partial charge in [-0.15, -0.1) is 11.3 Å². The van der Waals surface area contributed by atoms with Crippen molar-refractivity contribution in [3.63, 3.8) is 0 Å². The standard InChI is InChI=1S/C28H29N5O3S2/c1-38(34,35)14-12-29-17-28-32-27(20-37-28)33-13-11-22-15-30-16-26(25(22)18-33)31-23-7-9-24(10-8-23)36-19-21-5-3-2-4-6-21/h2-11,13,15,18,20,22,29H,12,14,16-17,19H2,1H3. The van der Waals surface area contributed by atoms with Crippen molar-refractivity contribution in [1.82, 2.24) is 10.3 Å². The van der Waals surface area contributed by atoms with Crippen LogP contribution in [0.1, 0.15) is 10.6 Å². The Morgan fingerprint density at radius 2 is 1.97 bits per heavy atom. The zero-order valence-corrected chi connectivity index (χ0v) is 22.7. The SMILES string of the molecule is CS(=O)(=O)CCNCc1nc(N2C=CC3C=NCC(=Nc4ccc(OCc5ccccc5)cc4)C3=C2)cs1. The molecule has 1 aromatic heterocycles. The molecule has 0 fully saturated rings. The molecule has 10 heteroatoms. The van der Waals surface area contributed by atoms with E-state index in [1.807, 2.05) is 77.3 Å². The van der Waals surface area contributed by atoms with Crippen LogP contribution in [0.15, 0.2) is 94.0 Å². The normalized spacial score (nSPS) is 17.9. The number of thiazole rings is 1. The summed E-state index contributed by atoms with van der Waals surface area (Å²) in [5, 5.41) is 6.04. The molecule has 1 atom stereocenters. The molecular weight excluding hydrogens is 518 g/mol. The van der Waals surface area contributed by atoms with Crippen molar-refractivity contribution in [2.24, 2.45) is 15.9 Å². The first kappa shape index (κ1) is 26.0. The van der Waals surface area contributed by atoms with E-state index in [9.17, 15) is 8.42 Å². The van der Waals surface area contributed by atoms with Crippen molar-refractivity contribution in [3.8, 4) is 5.75 Å². The van der Waals surface area contributed by atoms with E-state index in [-0.39, 0.29) is 11.7 Å². The molecule has 0 spiro atoms. The molecule has 0 bridgehead atoms. The Bertz CT molecular complexity index is 1480. The molecule has 2 aromatic carbocycles. The van der Waals surface area contributed by atoms with E-state index < -0.39 is 9.84 Å². The van der Waals surface area contributed by atoms with E-state index in [1.54, 1.807) is 11.3 Å². The van der Waals surface area contributed by atoms with Gasteiger partial charge in [0.1, 0.15) is 33.0 Å². The van der Waals surface area contributed by atoms with Crippen LogP contribution in [-0.2, 0) is 23.0 Å². The Labute approximate surface area is 227 Å². The van der Waals surface area contributed by atoms with Crippen LogP contribution in [0.4, 0.5) is 11.5 Å². The van der Waals surface area contributed by atoms with E-state index in [0.29, 0.717) is 26.2 Å². The maximum Gasteiger partial charge on any atom is 0.148 e. The van der Waals surface area contributed by atoms with Crippen molar-refractivity contribution in [3.05, 3.63) is 94.6 Å². The van der Waals surface area contributed by atoms with Crippen molar-refractivity contribution in [2.75, 3.05) is 30.0 Å². The predicted octanol–water partition coefficient (Wildman–Crippen LogP) is 4.55. The molecule has 0 radical (unpaired) electrons. The van der Waals surface area contributed by atoms with Gasteiger partial charge in [-0.25, -0.2) is 13.4 Å². The number of sulfone groups is 1. The van der Waals surface area contributed by atoms with E-state index in [4.69, 9.17) is 14.7 Å². The fourth-order valence-corrected chi connectivity index (χ4v) is 5.28. The van der Waals surface area contributed by atoms with Crippen LogP contribution < -0.4 is 15.0 Å². The van der Waals surface area contributed by atoms with Crippen molar-refractivity contribution in [2.45, 2.75) is 13.2 Å². The van der Waals surface area contributed by atoms with E-state index in [0.717, 1.165) is 39.1 Å². The van der Waals surface area contributed by atoms with E-state index >= 15 is 0 Å². The van der Waals surface area contributed by atoms with Crippen molar-refractivity contribution < 1.29 is 13.2 Å². The number of nitrogens with one attached hydrogen (secondary N) is 1. The molecule has 0 saturated heterocycles. The zero-order chi connectivity index (χ0) is 26.4. The quantitative estimate of drug-likeness (QED) is 0.374. The number of aliphatic imine (C=N–C) groups is 2. The maximum atomic E-state index is 11.3. The summed E-state index contributed by atoms with van der Waals surface area (Å²) < 4.78 is 28.5. The monoisotopic (exact) mass is 547 g/mol. The molecule has 0 amide bonds. The van der Waals surface area contributed by atoms with E-state index in [1.165, 1.54) is 6.26 Å². The Kier molecular flexibility index (Phi) is 8.11. The fraction of sp³-hybridized carbons (Fsp3) is 0.250. The number of nitrogens with zero attached hydrogens (tertiary/aromatic N) is 4. The third kappa shape index (κ3) is 7.03. The van der Waals surface area contributed by atoms with E-state index in [2.05, 4.69) is 22.6 Å². The van der Waals surface area contributed by atoms with Gasteiger partial charge in [-0.1, -0.05) is 36.4 Å². The van der Waals surface area contributed by atoms with Gasteiger partial charge in [0.15, 0.2) is 0 Å². The first-order valence-electron chi connectivity index (χ1n) is 12.3. The van der Waals surface area contributed by atoms with Gasteiger partial charge in [0.25, 0.3) is 0 Å². The Hall–Kier alpha value is -3.60. The molecule has 1 N–H and O–H groups in total. The predicted molar refractivity (Wildman–Crippen MR) is 154 cm³/mol. The number of aromatic nitrogens is 1. The van der Waals surface area contributed by atoms with Crippen molar-refractivity contribution in [1.29, 1.82) is 0 Å². The topological polar surface area (TPSA) is 96.2 Å². The average Bonchev–Trinajstić information content (AvgIpc) is 3.40. The van der Waals surface area contributed by atoms with Crippen LogP contribution in [0, 0.1) is 5.92 Å². The third-order valence-corrected chi connectivity index (χ3v) is 7.79. The molecule has 8 nitrogen and oxygen atoms in total. The second-order valence-corrected chi connectivity index (χ2v) is 12.3. The van der Waals surface area contributed by atoms with Crippen LogP contribution >= 0.6 is 11.3 Å². The van der Waals surface area contributed by atoms with Gasteiger partial charge < -0.3 is 15.0 Å².